The molecule has 2 rings (SSSR count). The molecule has 4 heteroatoms. The van der Waals surface area contributed by atoms with Gasteiger partial charge in [-0.25, -0.2) is 4.39 Å². The second-order valence-corrected chi connectivity index (χ2v) is 5.56. The lowest BCUT2D eigenvalue weighted by atomic mass is 9.88. The number of nitrogens with one attached hydrogen (secondary N) is 2. The molecule has 17 heavy (non-hydrogen) atoms. The van der Waals surface area contributed by atoms with Crippen LogP contribution in [0.5, 0.6) is 0 Å². The average Bonchev–Trinajstić information content (AvgIpc) is 2.58. The third-order valence-corrected chi connectivity index (χ3v) is 3.93. The minimum absolute atomic E-state index is 0.00808. The number of rotatable bonds is 3. The van der Waals surface area contributed by atoms with Gasteiger partial charge in [0.2, 0.25) is 0 Å². The lowest BCUT2D eigenvalue weighted by Gasteiger charge is -2.35. The maximum Gasteiger partial charge on any atom is 0.125 e. The Morgan fingerprint density at radius 1 is 1.24 bits per heavy atom. The number of hydrogen-bond acceptors (Lipinski definition) is 3. The minimum Gasteiger partial charge on any atom is -0.379 e. The molecule has 0 saturated carbocycles. The van der Waals surface area contributed by atoms with Gasteiger partial charge in [0.25, 0.3) is 0 Å². The van der Waals surface area contributed by atoms with Gasteiger partial charge in [0.15, 0.2) is 0 Å². The quantitative estimate of drug-likeness (QED) is 0.791. The smallest absolute Gasteiger partial charge is 0.125 e. The highest BCUT2D eigenvalue weighted by Crippen LogP contribution is 2.27. The molecule has 2 saturated heterocycles. The monoisotopic (exact) mass is 244 g/mol. The van der Waals surface area contributed by atoms with Gasteiger partial charge in [-0.05, 0) is 26.3 Å². The van der Waals surface area contributed by atoms with Crippen LogP contribution in [0.15, 0.2) is 0 Å². The highest BCUT2D eigenvalue weighted by atomic mass is 19.1. The van der Waals surface area contributed by atoms with E-state index < -0.39 is 5.67 Å². The first kappa shape index (κ1) is 13.2. The highest BCUT2D eigenvalue weighted by molar-refractivity contribution is 4.93. The summed E-state index contributed by atoms with van der Waals surface area (Å²) in [6, 6.07) is 0.178. The van der Waals surface area contributed by atoms with E-state index in [0.717, 1.165) is 32.5 Å². The van der Waals surface area contributed by atoms with E-state index >= 15 is 0 Å². The molecule has 2 aliphatic rings. The molecule has 3 nitrogen and oxygen atoms in total. The molecule has 2 fully saturated rings. The Labute approximate surface area is 103 Å². The molecule has 2 aliphatic heterocycles. The maximum atomic E-state index is 14.8. The zero-order valence-corrected chi connectivity index (χ0v) is 10.8. The van der Waals surface area contributed by atoms with Gasteiger partial charge >= 0.3 is 0 Å². The Hall–Kier alpha value is -0.190. The molecule has 2 N–H and O–H groups in total. The summed E-state index contributed by atoms with van der Waals surface area (Å²) in [6.07, 6.45) is 5.05. The molecule has 2 heterocycles. The fraction of sp³-hybridized carbons (Fsp3) is 1.00. The van der Waals surface area contributed by atoms with E-state index in [4.69, 9.17) is 4.74 Å². The molecule has 0 bridgehead atoms. The van der Waals surface area contributed by atoms with Crippen molar-refractivity contribution in [2.45, 2.75) is 56.8 Å². The van der Waals surface area contributed by atoms with Crippen LogP contribution >= 0.6 is 0 Å². The normalized spacial score (nSPS) is 34.9. The molecule has 0 aromatic rings. The maximum absolute atomic E-state index is 14.8. The van der Waals surface area contributed by atoms with Gasteiger partial charge in [0.1, 0.15) is 5.67 Å². The Balaban J connectivity index is 1.86. The first-order valence-electron chi connectivity index (χ1n) is 6.92. The van der Waals surface area contributed by atoms with Crippen molar-refractivity contribution in [1.29, 1.82) is 0 Å². The summed E-state index contributed by atoms with van der Waals surface area (Å²) < 4.78 is 20.2. The zero-order valence-electron chi connectivity index (χ0n) is 10.8. The molecule has 0 aliphatic carbocycles. The Morgan fingerprint density at radius 3 is 2.88 bits per heavy atom. The van der Waals surface area contributed by atoms with E-state index in [9.17, 15) is 4.39 Å². The molecule has 0 amide bonds. The Morgan fingerprint density at radius 2 is 2.12 bits per heavy atom. The van der Waals surface area contributed by atoms with Crippen molar-refractivity contribution in [3.05, 3.63) is 0 Å². The number of ether oxygens (including phenoxy) is 1. The third-order valence-electron chi connectivity index (χ3n) is 3.93. The van der Waals surface area contributed by atoms with Crippen molar-refractivity contribution in [2.75, 3.05) is 26.3 Å². The van der Waals surface area contributed by atoms with Gasteiger partial charge in [-0.15, -0.1) is 0 Å². The summed E-state index contributed by atoms with van der Waals surface area (Å²) in [4.78, 5) is 0. The number of halogens is 1. The average molecular weight is 244 g/mol. The van der Waals surface area contributed by atoms with Crippen molar-refractivity contribution in [3.63, 3.8) is 0 Å². The van der Waals surface area contributed by atoms with Crippen molar-refractivity contribution in [2.24, 2.45) is 0 Å². The number of morpholine rings is 1. The highest BCUT2D eigenvalue weighted by Gasteiger charge is 2.37. The fourth-order valence-electron chi connectivity index (χ4n) is 2.92. The number of alkyl halides is 1. The predicted molar refractivity (Wildman–Crippen MR) is 67.0 cm³/mol. The van der Waals surface area contributed by atoms with Crippen LogP contribution in [0, 0.1) is 0 Å². The van der Waals surface area contributed by atoms with Crippen LogP contribution < -0.4 is 10.6 Å². The largest absolute Gasteiger partial charge is 0.379 e. The van der Waals surface area contributed by atoms with Crippen LogP contribution in [0.1, 0.15) is 39.0 Å². The minimum atomic E-state index is -1.14. The summed E-state index contributed by atoms with van der Waals surface area (Å²) in [5.41, 5.74) is -1.14. The molecular weight excluding hydrogens is 219 g/mol. The van der Waals surface area contributed by atoms with Crippen LogP contribution in [0.2, 0.25) is 0 Å². The molecule has 0 aromatic carbocycles. The number of hydrogen-bond donors (Lipinski definition) is 2. The van der Waals surface area contributed by atoms with Gasteiger partial charge in [0, 0.05) is 25.0 Å². The molecule has 3 unspecified atom stereocenters. The summed E-state index contributed by atoms with van der Waals surface area (Å²) in [6.45, 7) is 4.94. The van der Waals surface area contributed by atoms with Crippen molar-refractivity contribution in [1.82, 2.24) is 10.6 Å². The molecule has 0 spiro atoms. The fourth-order valence-corrected chi connectivity index (χ4v) is 2.92. The van der Waals surface area contributed by atoms with E-state index in [-0.39, 0.29) is 12.1 Å². The Bertz CT molecular complexity index is 221. The van der Waals surface area contributed by atoms with Crippen LogP contribution in [-0.4, -0.2) is 44.1 Å². The molecular formula is C13H25FN2O. The summed E-state index contributed by atoms with van der Waals surface area (Å²) in [5, 5.41) is 6.70. The molecule has 3 atom stereocenters. The molecule has 100 valence electrons. The predicted octanol–water partition coefficient (Wildman–Crippen LogP) is 1.63. The van der Waals surface area contributed by atoms with E-state index in [0.29, 0.717) is 13.0 Å². The van der Waals surface area contributed by atoms with Gasteiger partial charge in [0.05, 0.1) is 13.2 Å². The van der Waals surface area contributed by atoms with Gasteiger partial charge in [-0.2, -0.15) is 0 Å². The van der Waals surface area contributed by atoms with Crippen molar-refractivity contribution in [3.8, 4) is 0 Å². The standard InChI is InChI=1S/C13H25FN2O/c1-13(14,9-11-10-17-8-7-15-11)12-5-3-2-4-6-16-12/h11-12,15-16H,2-10H2,1H3. The van der Waals surface area contributed by atoms with Crippen LogP contribution in [-0.2, 0) is 4.74 Å². The summed E-state index contributed by atoms with van der Waals surface area (Å²) >= 11 is 0. The van der Waals surface area contributed by atoms with Gasteiger partial charge in [-0.3, -0.25) is 0 Å². The SMILES string of the molecule is CC(F)(CC1COCCN1)C1CCCCCN1. The summed E-state index contributed by atoms with van der Waals surface area (Å²) in [5.74, 6) is 0. The van der Waals surface area contributed by atoms with Gasteiger partial charge < -0.3 is 15.4 Å². The first-order valence-corrected chi connectivity index (χ1v) is 6.92. The molecule has 0 radical (unpaired) electrons. The second-order valence-electron chi connectivity index (χ2n) is 5.56. The lowest BCUT2D eigenvalue weighted by molar-refractivity contribution is 0.0343. The van der Waals surface area contributed by atoms with Crippen LogP contribution in [0.3, 0.4) is 0 Å². The van der Waals surface area contributed by atoms with E-state index in [1.165, 1.54) is 12.8 Å². The van der Waals surface area contributed by atoms with E-state index in [2.05, 4.69) is 10.6 Å². The Kier molecular flexibility index (Phi) is 4.77. The van der Waals surface area contributed by atoms with E-state index in [1.54, 1.807) is 6.92 Å². The van der Waals surface area contributed by atoms with Crippen LogP contribution in [0.4, 0.5) is 4.39 Å². The molecule has 0 aromatic heterocycles. The third kappa shape index (κ3) is 3.90. The lowest BCUT2D eigenvalue weighted by Crippen LogP contribution is -2.51. The first-order chi connectivity index (χ1) is 8.18. The van der Waals surface area contributed by atoms with Crippen molar-refractivity contribution >= 4 is 0 Å². The second kappa shape index (κ2) is 6.12. The van der Waals surface area contributed by atoms with Crippen LogP contribution in [0.25, 0.3) is 0 Å². The van der Waals surface area contributed by atoms with Crippen molar-refractivity contribution < 1.29 is 9.13 Å². The van der Waals surface area contributed by atoms with E-state index in [1.807, 2.05) is 0 Å². The van der Waals surface area contributed by atoms with Gasteiger partial charge in [-0.1, -0.05) is 12.8 Å². The topological polar surface area (TPSA) is 33.3 Å². The zero-order chi connectivity index (χ0) is 12.1. The summed E-state index contributed by atoms with van der Waals surface area (Å²) in [7, 11) is 0.